The van der Waals surface area contributed by atoms with Crippen LogP contribution in [-0.4, -0.2) is 28.1 Å². The monoisotopic (exact) mass is 391 g/mol. The number of amides is 1. The van der Waals surface area contributed by atoms with E-state index in [0.29, 0.717) is 21.7 Å². The highest BCUT2D eigenvalue weighted by Crippen LogP contribution is 2.28. The van der Waals surface area contributed by atoms with Crippen molar-refractivity contribution in [2.24, 2.45) is 0 Å². The van der Waals surface area contributed by atoms with E-state index in [0.717, 1.165) is 10.6 Å². The lowest BCUT2D eigenvalue weighted by molar-refractivity contribution is -0.113. The van der Waals surface area contributed by atoms with Gasteiger partial charge in [0.25, 0.3) is 5.22 Å². The van der Waals surface area contributed by atoms with Crippen LogP contribution in [0.2, 0.25) is 5.02 Å². The van der Waals surface area contributed by atoms with Crippen LogP contribution < -0.4 is 5.32 Å². The van der Waals surface area contributed by atoms with Crippen molar-refractivity contribution >= 4 is 46.7 Å². The zero-order valence-electron chi connectivity index (χ0n) is 13.2. The average Bonchev–Trinajstić information content (AvgIpc) is 3.09. The van der Waals surface area contributed by atoms with Crippen molar-refractivity contribution in [3.8, 4) is 11.5 Å². The summed E-state index contributed by atoms with van der Waals surface area (Å²) in [5, 5.41) is 11.6. The third-order valence-electron chi connectivity index (χ3n) is 3.19. The molecule has 1 amide bonds. The molecular weight excluding hydrogens is 378 g/mol. The summed E-state index contributed by atoms with van der Waals surface area (Å²) >= 11 is 8.91. The second-order valence-electron chi connectivity index (χ2n) is 4.92. The van der Waals surface area contributed by atoms with Gasteiger partial charge in [-0.1, -0.05) is 41.6 Å². The first-order chi connectivity index (χ1) is 12.2. The Morgan fingerprint density at radius 1 is 1.20 bits per heavy atom. The van der Waals surface area contributed by atoms with Gasteiger partial charge in [-0.05, 0) is 36.6 Å². The molecule has 3 rings (SSSR count). The number of nitrogens with one attached hydrogen (secondary N) is 1. The number of hydrogen-bond donors (Lipinski definition) is 1. The first-order valence-corrected chi connectivity index (χ1v) is 9.89. The maximum atomic E-state index is 12.1. The van der Waals surface area contributed by atoms with E-state index in [-0.39, 0.29) is 11.7 Å². The molecule has 0 fully saturated rings. The van der Waals surface area contributed by atoms with E-state index in [1.165, 1.54) is 11.8 Å². The molecule has 1 N–H and O–H groups in total. The minimum absolute atomic E-state index is 0.138. The van der Waals surface area contributed by atoms with Gasteiger partial charge in [-0.15, -0.1) is 22.0 Å². The Morgan fingerprint density at radius 2 is 2.04 bits per heavy atom. The van der Waals surface area contributed by atoms with Crippen LogP contribution in [0.1, 0.15) is 0 Å². The van der Waals surface area contributed by atoms with Crippen molar-refractivity contribution in [2.75, 3.05) is 17.3 Å². The largest absolute Gasteiger partial charge is 0.411 e. The summed E-state index contributed by atoms with van der Waals surface area (Å²) in [6, 6.07) is 14.9. The number of aromatic nitrogens is 2. The minimum atomic E-state index is -0.138. The van der Waals surface area contributed by atoms with Crippen molar-refractivity contribution in [1.82, 2.24) is 10.2 Å². The number of carbonyl (C=O) groups is 1. The molecule has 0 aliphatic heterocycles. The second kappa shape index (κ2) is 8.42. The molecule has 0 aliphatic carbocycles. The lowest BCUT2D eigenvalue weighted by Crippen LogP contribution is -2.13. The molecule has 3 aromatic rings. The van der Waals surface area contributed by atoms with Gasteiger partial charge < -0.3 is 9.73 Å². The molecule has 0 aliphatic rings. The first kappa shape index (κ1) is 17.8. The Kier molecular flexibility index (Phi) is 6.01. The van der Waals surface area contributed by atoms with Crippen LogP contribution in [0.4, 0.5) is 5.69 Å². The zero-order valence-corrected chi connectivity index (χ0v) is 15.6. The van der Waals surface area contributed by atoms with Gasteiger partial charge in [0.05, 0.1) is 16.3 Å². The van der Waals surface area contributed by atoms with Gasteiger partial charge in [-0.2, -0.15) is 0 Å². The summed E-state index contributed by atoms with van der Waals surface area (Å²) in [4.78, 5) is 13.2. The van der Waals surface area contributed by atoms with Crippen molar-refractivity contribution in [2.45, 2.75) is 10.1 Å². The molecule has 128 valence electrons. The number of hydrogen-bond acceptors (Lipinski definition) is 6. The number of nitrogens with zero attached hydrogens (tertiary/aromatic N) is 2. The van der Waals surface area contributed by atoms with Gasteiger partial charge in [-0.25, -0.2) is 0 Å². The van der Waals surface area contributed by atoms with Gasteiger partial charge in [0.1, 0.15) is 0 Å². The molecule has 0 spiro atoms. The number of anilines is 1. The predicted octanol–water partition coefficient (Wildman–Crippen LogP) is 4.84. The smallest absolute Gasteiger partial charge is 0.277 e. The van der Waals surface area contributed by atoms with Crippen molar-refractivity contribution in [3.63, 3.8) is 0 Å². The van der Waals surface area contributed by atoms with Crippen LogP contribution in [-0.2, 0) is 4.79 Å². The van der Waals surface area contributed by atoms with Gasteiger partial charge in [-0.3, -0.25) is 4.79 Å². The Morgan fingerprint density at radius 3 is 2.84 bits per heavy atom. The third-order valence-corrected chi connectivity index (χ3v) is 5.06. The number of benzene rings is 2. The van der Waals surface area contributed by atoms with Gasteiger partial charge >= 0.3 is 0 Å². The third kappa shape index (κ3) is 4.78. The molecule has 1 heterocycles. The van der Waals surface area contributed by atoms with Crippen LogP contribution in [0.15, 0.2) is 63.1 Å². The van der Waals surface area contributed by atoms with E-state index in [1.54, 1.807) is 23.9 Å². The minimum Gasteiger partial charge on any atom is -0.411 e. The maximum absolute atomic E-state index is 12.1. The average molecular weight is 392 g/mol. The molecule has 0 saturated carbocycles. The zero-order chi connectivity index (χ0) is 17.6. The fraction of sp³-hybridized carbons (Fsp3) is 0.118. The predicted molar refractivity (Wildman–Crippen MR) is 102 cm³/mol. The lowest BCUT2D eigenvalue weighted by atomic mass is 10.2. The molecular formula is C17H14ClN3O2S2. The Balaban J connectivity index is 1.58. The van der Waals surface area contributed by atoms with E-state index in [9.17, 15) is 4.79 Å². The topological polar surface area (TPSA) is 68.0 Å². The van der Waals surface area contributed by atoms with Crippen LogP contribution in [0.5, 0.6) is 0 Å². The maximum Gasteiger partial charge on any atom is 0.277 e. The number of thioether (sulfide) groups is 2. The molecule has 8 heteroatoms. The standard InChI is InChI=1S/C17H14ClN3O2S2/c1-24-12-6-4-5-11(9-12)19-15(22)10-25-17-21-20-16(23-17)13-7-2-3-8-14(13)18/h2-9H,10H2,1H3,(H,19,22). The van der Waals surface area contributed by atoms with E-state index in [1.807, 2.05) is 42.7 Å². The first-order valence-electron chi connectivity index (χ1n) is 7.31. The molecule has 0 bridgehead atoms. The van der Waals surface area contributed by atoms with E-state index < -0.39 is 0 Å². The highest BCUT2D eigenvalue weighted by Gasteiger charge is 2.13. The van der Waals surface area contributed by atoms with E-state index >= 15 is 0 Å². The highest BCUT2D eigenvalue weighted by atomic mass is 35.5. The molecule has 1 aromatic heterocycles. The molecule has 2 aromatic carbocycles. The summed E-state index contributed by atoms with van der Waals surface area (Å²) in [6.45, 7) is 0. The quantitative estimate of drug-likeness (QED) is 0.606. The molecule has 25 heavy (non-hydrogen) atoms. The Hall–Kier alpha value is -1.96. The summed E-state index contributed by atoms with van der Waals surface area (Å²) in [5.74, 6) is 0.370. The Bertz CT molecular complexity index is 886. The van der Waals surface area contributed by atoms with E-state index in [2.05, 4.69) is 15.5 Å². The van der Waals surface area contributed by atoms with Gasteiger partial charge in [0.15, 0.2) is 0 Å². The van der Waals surface area contributed by atoms with Crippen LogP contribution in [0.3, 0.4) is 0 Å². The fourth-order valence-corrected chi connectivity index (χ4v) is 3.28. The van der Waals surface area contributed by atoms with E-state index in [4.69, 9.17) is 16.0 Å². The number of carbonyl (C=O) groups excluding carboxylic acids is 1. The number of rotatable bonds is 6. The van der Waals surface area contributed by atoms with Crippen LogP contribution >= 0.6 is 35.1 Å². The summed E-state index contributed by atoms with van der Waals surface area (Å²) in [6.07, 6.45) is 1.99. The molecule has 0 saturated heterocycles. The summed E-state index contributed by atoms with van der Waals surface area (Å²) < 4.78 is 5.56. The molecule has 0 unspecified atom stereocenters. The molecule has 0 atom stereocenters. The SMILES string of the molecule is CSc1cccc(NC(=O)CSc2nnc(-c3ccccc3Cl)o2)c1. The fourth-order valence-electron chi connectivity index (χ4n) is 2.04. The summed E-state index contributed by atoms with van der Waals surface area (Å²) in [5.41, 5.74) is 1.43. The summed E-state index contributed by atoms with van der Waals surface area (Å²) in [7, 11) is 0. The van der Waals surface area contributed by atoms with Crippen LogP contribution in [0, 0.1) is 0 Å². The van der Waals surface area contributed by atoms with Crippen LogP contribution in [0.25, 0.3) is 11.5 Å². The Labute approximate surface area is 158 Å². The van der Waals surface area contributed by atoms with Crippen molar-refractivity contribution < 1.29 is 9.21 Å². The molecule has 0 radical (unpaired) electrons. The molecule has 5 nitrogen and oxygen atoms in total. The number of halogens is 1. The van der Waals surface area contributed by atoms with Crippen molar-refractivity contribution in [1.29, 1.82) is 0 Å². The van der Waals surface area contributed by atoms with Gasteiger partial charge in [0.2, 0.25) is 11.8 Å². The highest BCUT2D eigenvalue weighted by molar-refractivity contribution is 7.99. The van der Waals surface area contributed by atoms with Crippen molar-refractivity contribution in [3.05, 3.63) is 53.6 Å². The second-order valence-corrected chi connectivity index (χ2v) is 7.14. The lowest BCUT2D eigenvalue weighted by Gasteiger charge is -2.05. The van der Waals surface area contributed by atoms with Gasteiger partial charge in [0, 0.05) is 10.6 Å². The normalized spacial score (nSPS) is 10.6.